The van der Waals surface area contributed by atoms with Gasteiger partial charge in [0, 0.05) is 54.9 Å². The topological polar surface area (TPSA) is 96.2 Å². The molecule has 2 saturated heterocycles. The van der Waals surface area contributed by atoms with Crippen LogP contribution in [0.3, 0.4) is 0 Å². The molecule has 0 saturated carbocycles. The summed E-state index contributed by atoms with van der Waals surface area (Å²) in [6.45, 7) is 3.14. The quantitative estimate of drug-likeness (QED) is 0.513. The molecule has 1 amide bonds. The Morgan fingerprint density at radius 2 is 2.11 bits per heavy atom. The van der Waals surface area contributed by atoms with E-state index < -0.39 is 11.8 Å². The van der Waals surface area contributed by atoms with Crippen molar-refractivity contribution in [3.63, 3.8) is 0 Å². The van der Waals surface area contributed by atoms with Crippen LogP contribution in [0.1, 0.15) is 39.5 Å². The van der Waals surface area contributed by atoms with Crippen LogP contribution in [-0.2, 0) is 12.8 Å². The van der Waals surface area contributed by atoms with E-state index >= 15 is 0 Å². The summed E-state index contributed by atoms with van der Waals surface area (Å²) in [7, 11) is 0. The fraction of sp³-hybridized carbons (Fsp3) is 0.480. The van der Waals surface area contributed by atoms with Crippen LogP contribution in [0, 0.1) is 12.8 Å². The zero-order chi connectivity index (χ0) is 24.3. The molecule has 184 valence electrons. The number of alkyl halides is 2. The number of fused-ring (bicyclic) bond motifs is 3. The van der Waals surface area contributed by atoms with E-state index in [1.54, 1.807) is 0 Å². The Kier molecular flexibility index (Phi) is 5.41. The second-order valence-corrected chi connectivity index (χ2v) is 10.9. The Morgan fingerprint density at radius 3 is 2.94 bits per heavy atom. The van der Waals surface area contributed by atoms with Crippen LogP contribution in [0.4, 0.5) is 20.3 Å². The van der Waals surface area contributed by atoms with E-state index in [0.29, 0.717) is 36.6 Å². The maximum absolute atomic E-state index is 14.4. The van der Waals surface area contributed by atoms with Crippen molar-refractivity contribution in [2.24, 2.45) is 5.92 Å². The number of piperidine rings is 1. The minimum absolute atomic E-state index is 0.0143. The number of halogens is 2. The van der Waals surface area contributed by atoms with Crippen LogP contribution in [0.2, 0.25) is 0 Å². The van der Waals surface area contributed by atoms with Gasteiger partial charge in [0.2, 0.25) is 0 Å². The van der Waals surface area contributed by atoms with Crippen molar-refractivity contribution >= 4 is 39.0 Å². The van der Waals surface area contributed by atoms with E-state index in [1.807, 2.05) is 36.1 Å². The van der Waals surface area contributed by atoms with Gasteiger partial charge in [-0.2, -0.15) is 0 Å². The van der Waals surface area contributed by atoms with Gasteiger partial charge < -0.3 is 21.3 Å². The smallest absolute Gasteiger partial charge is 0.263 e. The minimum Gasteiger partial charge on any atom is -0.397 e. The molecule has 6 rings (SSSR count). The number of aromatic nitrogens is 2. The molecule has 7 nitrogen and oxygen atoms in total. The summed E-state index contributed by atoms with van der Waals surface area (Å²) in [5, 5.41) is 7.20. The standard InChI is InChI=1S/C25H28F2N6OS/c1-13-2-5-16-21(28)22(35-24(16)30-13)23(34)31-15-4-6-18-14(10-15)3-7-20(32-18)33-11-17-19(12-33)29-9-8-25(17,26)27/h2-3,5,7,15,17,19,29H,4,6,8-12,28H2,1H3,(H,31,34)/t15-,17+,19-/m0/s1. The van der Waals surface area contributed by atoms with Crippen molar-refractivity contribution in [3.8, 4) is 0 Å². The van der Waals surface area contributed by atoms with E-state index in [0.717, 1.165) is 45.8 Å². The number of thiophene rings is 1. The molecule has 3 aromatic rings. The molecule has 1 aliphatic carbocycles. The first-order valence-electron chi connectivity index (χ1n) is 12.1. The second-order valence-electron chi connectivity index (χ2n) is 9.92. The van der Waals surface area contributed by atoms with E-state index in [9.17, 15) is 13.6 Å². The fourth-order valence-corrected chi connectivity index (χ4v) is 6.69. The molecule has 3 aromatic heterocycles. The first-order chi connectivity index (χ1) is 16.8. The van der Waals surface area contributed by atoms with Crippen LogP contribution in [0.5, 0.6) is 0 Å². The number of carbonyl (C=O) groups excluding carboxylic acids is 1. The Morgan fingerprint density at radius 1 is 1.26 bits per heavy atom. The van der Waals surface area contributed by atoms with Crippen molar-refractivity contribution < 1.29 is 13.6 Å². The largest absolute Gasteiger partial charge is 0.397 e. The van der Waals surface area contributed by atoms with Gasteiger partial charge in [-0.15, -0.1) is 11.3 Å². The zero-order valence-electron chi connectivity index (χ0n) is 19.5. The summed E-state index contributed by atoms with van der Waals surface area (Å²) in [5.74, 6) is -2.71. The number of aryl methyl sites for hydroxylation is 2. The molecule has 4 N–H and O–H groups in total. The van der Waals surface area contributed by atoms with Crippen LogP contribution < -0.4 is 21.3 Å². The van der Waals surface area contributed by atoms with E-state index in [1.165, 1.54) is 11.3 Å². The number of nitrogen functional groups attached to an aromatic ring is 1. The number of anilines is 2. The van der Waals surface area contributed by atoms with Crippen LogP contribution in [0.15, 0.2) is 24.3 Å². The number of rotatable bonds is 3. The minimum atomic E-state index is -2.63. The number of nitrogens with zero attached hydrogens (tertiary/aromatic N) is 3. The Hall–Kier alpha value is -2.85. The van der Waals surface area contributed by atoms with Crippen molar-refractivity contribution in [2.45, 2.75) is 50.6 Å². The molecule has 3 aliphatic rings. The Balaban J connectivity index is 1.14. The van der Waals surface area contributed by atoms with Gasteiger partial charge in [-0.1, -0.05) is 6.07 Å². The first kappa shape index (κ1) is 22.6. The van der Waals surface area contributed by atoms with Crippen LogP contribution in [0.25, 0.3) is 10.2 Å². The normalized spacial score (nSPS) is 25.3. The number of hydrogen-bond acceptors (Lipinski definition) is 7. The number of carbonyl (C=O) groups is 1. The molecular formula is C25H28F2N6OS. The lowest BCUT2D eigenvalue weighted by molar-refractivity contribution is -0.0811. The van der Waals surface area contributed by atoms with Gasteiger partial charge in [0.25, 0.3) is 11.8 Å². The molecule has 0 radical (unpaired) electrons. The summed E-state index contributed by atoms with van der Waals surface area (Å²) < 4.78 is 28.7. The molecule has 0 spiro atoms. The third-order valence-electron chi connectivity index (χ3n) is 7.58. The van der Waals surface area contributed by atoms with E-state index in [-0.39, 0.29) is 24.4 Å². The highest BCUT2D eigenvalue weighted by Gasteiger charge is 2.51. The molecule has 2 fully saturated rings. The average molecular weight is 499 g/mol. The number of nitrogens with one attached hydrogen (secondary N) is 2. The second kappa shape index (κ2) is 8.37. The molecule has 2 aliphatic heterocycles. The van der Waals surface area contributed by atoms with Crippen molar-refractivity contribution in [2.75, 3.05) is 30.3 Å². The Labute approximate surface area is 206 Å². The maximum Gasteiger partial charge on any atom is 0.263 e. The van der Waals surface area contributed by atoms with Gasteiger partial charge in [0.15, 0.2) is 0 Å². The van der Waals surface area contributed by atoms with Crippen molar-refractivity contribution in [3.05, 3.63) is 46.1 Å². The van der Waals surface area contributed by atoms with E-state index in [4.69, 9.17) is 10.7 Å². The monoisotopic (exact) mass is 498 g/mol. The summed E-state index contributed by atoms with van der Waals surface area (Å²) in [6.07, 6.45) is 2.07. The lowest BCUT2D eigenvalue weighted by atomic mass is 9.90. The van der Waals surface area contributed by atoms with Gasteiger partial charge in [-0.3, -0.25) is 4.79 Å². The molecule has 0 unspecified atom stereocenters. The zero-order valence-corrected chi connectivity index (χ0v) is 20.3. The third-order valence-corrected chi connectivity index (χ3v) is 8.69. The number of pyridine rings is 2. The molecule has 5 heterocycles. The van der Waals surface area contributed by atoms with Gasteiger partial charge in [0.1, 0.15) is 15.5 Å². The first-order valence-corrected chi connectivity index (χ1v) is 12.9. The van der Waals surface area contributed by atoms with Gasteiger partial charge >= 0.3 is 0 Å². The van der Waals surface area contributed by atoms with Crippen LogP contribution in [-0.4, -0.2) is 53.5 Å². The fourth-order valence-electron chi connectivity index (χ4n) is 5.64. The SMILES string of the molecule is Cc1ccc2c(N)c(C(=O)N[C@H]3CCc4nc(N5C[C@@H]6NCCC(F)(F)[C@@H]6C5)ccc4C3)sc2n1. The highest BCUT2D eigenvalue weighted by atomic mass is 32.1. The highest BCUT2D eigenvalue weighted by molar-refractivity contribution is 7.21. The van der Waals surface area contributed by atoms with Gasteiger partial charge in [-0.25, -0.2) is 18.7 Å². The van der Waals surface area contributed by atoms with Crippen molar-refractivity contribution in [1.82, 2.24) is 20.6 Å². The number of nitrogens with two attached hydrogens (primary N) is 1. The molecule has 0 bridgehead atoms. The lowest BCUT2D eigenvalue weighted by Gasteiger charge is -2.33. The third kappa shape index (κ3) is 4.02. The summed E-state index contributed by atoms with van der Waals surface area (Å²) in [6, 6.07) is 7.55. The number of amides is 1. The molecule has 0 aromatic carbocycles. The number of hydrogen-bond donors (Lipinski definition) is 3. The van der Waals surface area contributed by atoms with E-state index in [2.05, 4.69) is 15.6 Å². The summed E-state index contributed by atoms with van der Waals surface area (Å²) >= 11 is 1.32. The maximum atomic E-state index is 14.4. The predicted molar refractivity (Wildman–Crippen MR) is 133 cm³/mol. The molecule has 10 heteroatoms. The Bertz CT molecular complexity index is 1310. The summed E-state index contributed by atoms with van der Waals surface area (Å²) in [4.78, 5) is 25.6. The summed E-state index contributed by atoms with van der Waals surface area (Å²) in [5.41, 5.74) is 9.69. The highest BCUT2D eigenvalue weighted by Crippen LogP contribution is 2.39. The van der Waals surface area contributed by atoms with Gasteiger partial charge in [0.05, 0.1) is 11.6 Å². The van der Waals surface area contributed by atoms with Crippen LogP contribution >= 0.6 is 11.3 Å². The predicted octanol–water partition coefficient (Wildman–Crippen LogP) is 3.30. The molecule has 3 atom stereocenters. The van der Waals surface area contributed by atoms with Gasteiger partial charge in [-0.05, 0) is 49.9 Å². The lowest BCUT2D eigenvalue weighted by Crippen LogP contribution is -2.51. The van der Waals surface area contributed by atoms with Crippen molar-refractivity contribution in [1.29, 1.82) is 0 Å². The molecule has 35 heavy (non-hydrogen) atoms. The molecular weight excluding hydrogens is 470 g/mol. The average Bonchev–Trinajstić information content (AvgIpc) is 3.41.